The number of ether oxygens (including phenoxy) is 2. The van der Waals surface area contributed by atoms with E-state index in [1.807, 2.05) is 0 Å². The van der Waals surface area contributed by atoms with E-state index in [4.69, 9.17) is 21.1 Å². The van der Waals surface area contributed by atoms with E-state index in [1.165, 1.54) is 0 Å². The zero-order chi connectivity index (χ0) is 13.9. The van der Waals surface area contributed by atoms with E-state index in [0.717, 1.165) is 5.56 Å². The van der Waals surface area contributed by atoms with Crippen molar-refractivity contribution in [3.05, 3.63) is 53.9 Å². The lowest BCUT2D eigenvalue weighted by molar-refractivity contribution is 0.174. The molecule has 0 N–H and O–H groups in total. The molecule has 98 valence electrons. The first-order valence-electron chi connectivity index (χ1n) is 5.90. The normalized spacial score (nSPS) is 13.6. The molecule has 0 bridgehead atoms. The summed E-state index contributed by atoms with van der Waals surface area (Å²) in [7, 11) is 0. The molecule has 0 amide bonds. The predicted octanol–water partition coefficient (Wildman–Crippen LogP) is 3.44. The Hall–Kier alpha value is -2.51. The molecule has 0 atom stereocenters. The van der Waals surface area contributed by atoms with Crippen molar-refractivity contribution in [2.45, 2.75) is 0 Å². The molecule has 2 heterocycles. The van der Waals surface area contributed by atoms with Gasteiger partial charge in [0.25, 0.3) is 0 Å². The summed E-state index contributed by atoms with van der Waals surface area (Å²) < 4.78 is 10.6. The number of fused-ring (bicyclic) bond motifs is 1. The Balaban J connectivity index is 2.08. The molecule has 0 saturated heterocycles. The summed E-state index contributed by atoms with van der Waals surface area (Å²) in [5.74, 6) is 1.31. The molecule has 3 rings (SSSR count). The van der Waals surface area contributed by atoms with E-state index < -0.39 is 0 Å². The lowest BCUT2D eigenvalue weighted by atomic mass is 10.0. The maximum atomic E-state index is 9.34. The zero-order valence-electron chi connectivity index (χ0n) is 10.3. The highest BCUT2D eigenvalue weighted by atomic mass is 35.5. The first-order chi connectivity index (χ1) is 9.79. The Labute approximate surface area is 120 Å². The van der Waals surface area contributed by atoms with Crippen molar-refractivity contribution in [1.29, 1.82) is 5.26 Å². The number of hydrogen-bond acceptors (Lipinski definition) is 4. The van der Waals surface area contributed by atoms with Crippen LogP contribution in [-0.2, 0) is 0 Å². The fraction of sp³-hybridized carbons (Fsp3) is 0.0667. The standard InChI is InChI=1S/C15H9ClN2O2/c16-15(12(8-17)10-3-5-18-6-4-10)11-1-2-13-14(7-11)20-9-19-13/h1-7H,9H2/b15-12-. The Bertz CT molecular complexity index is 720. The van der Waals surface area contributed by atoms with Crippen LogP contribution in [0.4, 0.5) is 0 Å². The monoisotopic (exact) mass is 284 g/mol. The predicted molar refractivity (Wildman–Crippen MR) is 75.1 cm³/mol. The molecule has 5 heteroatoms. The van der Waals surface area contributed by atoms with E-state index in [1.54, 1.807) is 42.7 Å². The van der Waals surface area contributed by atoms with Crippen LogP contribution in [0.15, 0.2) is 42.7 Å². The Morgan fingerprint density at radius 3 is 2.60 bits per heavy atom. The summed E-state index contributed by atoms with van der Waals surface area (Å²) in [6.45, 7) is 0.204. The van der Waals surface area contributed by atoms with Gasteiger partial charge in [-0.3, -0.25) is 4.98 Å². The Kier molecular flexibility index (Phi) is 3.28. The van der Waals surface area contributed by atoms with E-state index >= 15 is 0 Å². The highest BCUT2D eigenvalue weighted by molar-refractivity contribution is 6.53. The lowest BCUT2D eigenvalue weighted by Crippen LogP contribution is -1.92. The van der Waals surface area contributed by atoms with Crippen molar-refractivity contribution < 1.29 is 9.47 Å². The van der Waals surface area contributed by atoms with Gasteiger partial charge >= 0.3 is 0 Å². The minimum absolute atomic E-state index is 0.204. The molecule has 0 unspecified atom stereocenters. The van der Waals surface area contributed by atoms with Crippen LogP contribution in [0.1, 0.15) is 11.1 Å². The highest BCUT2D eigenvalue weighted by Gasteiger charge is 2.16. The molecule has 0 fully saturated rings. The highest BCUT2D eigenvalue weighted by Crippen LogP contribution is 2.37. The summed E-state index contributed by atoms with van der Waals surface area (Å²) >= 11 is 6.35. The number of nitriles is 1. The van der Waals surface area contributed by atoms with Gasteiger partial charge in [-0.2, -0.15) is 5.26 Å². The maximum absolute atomic E-state index is 9.34. The molecule has 2 aromatic rings. The van der Waals surface area contributed by atoms with Crippen LogP contribution >= 0.6 is 11.6 Å². The second-order valence-electron chi connectivity index (χ2n) is 4.10. The second-order valence-corrected chi connectivity index (χ2v) is 4.48. The van der Waals surface area contributed by atoms with Crippen molar-refractivity contribution >= 4 is 22.2 Å². The van der Waals surface area contributed by atoms with Gasteiger partial charge in [-0.05, 0) is 41.5 Å². The average Bonchev–Trinajstić information content (AvgIpc) is 2.96. The maximum Gasteiger partial charge on any atom is 0.231 e. The number of aromatic nitrogens is 1. The molecule has 0 aliphatic carbocycles. The first kappa shape index (κ1) is 12.5. The SMILES string of the molecule is N#C/C(=C(/Cl)c1ccc2c(c1)OCO2)c1ccncc1. The van der Waals surface area contributed by atoms with Crippen molar-refractivity contribution in [3.63, 3.8) is 0 Å². The van der Waals surface area contributed by atoms with Gasteiger partial charge < -0.3 is 9.47 Å². The van der Waals surface area contributed by atoms with Crippen LogP contribution in [0.3, 0.4) is 0 Å². The molecule has 4 nitrogen and oxygen atoms in total. The minimum Gasteiger partial charge on any atom is -0.454 e. The fourth-order valence-corrected chi connectivity index (χ4v) is 2.21. The van der Waals surface area contributed by atoms with Crippen molar-refractivity contribution in [2.24, 2.45) is 0 Å². The average molecular weight is 285 g/mol. The molecule has 1 aliphatic heterocycles. The molecule has 0 spiro atoms. The summed E-state index contributed by atoms with van der Waals surface area (Å²) in [6.07, 6.45) is 3.24. The lowest BCUT2D eigenvalue weighted by Gasteiger charge is -2.05. The first-order valence-corrected chi connectivity index (χ1v) is 6.27. The molecule has 20 heavy (non-hydrogen) atoms. The number of halogens is 1. The fourth-order valence-electron chi connectivity index (χ4n) is 1.94. The van der Waals surface area contributed by atoms with Gasteiger partial charge in [-0.15, -0.1) is 0 Å². The minimum atomic E-state index is 0.204. The van der Waals surface area contributed by atoms with Crippen LogP contribution in [0.5, 0.6) is 11.5 Å². The second kappa shape index (κ2) is 5.24. The number of rotatable bonds is 2. The van der Waals surface area contributed by atoms with Gasteiger partial charge in [-0.25, -0.2) is 0 Å². The largest absolute Gasteiger partial charge is 0.454 e. The van der Waals surface area contributed by atoms with Gasteiger partial charge in [0.2, 0.25) is 6.79 Å². The van der Waals surface area contributed by atoms with Gasteiger partial charge in [-0.1, -0.05) is 11.6 Å². The Morgan fingerprint density at radius 1 is 1.10 bits per heavy atom. The van der Waals surface area contributed by atoms with Crippen molar-refractivity contribution in [1.82, 2.24) is 4.98 Å². The van der Waals surface area contributed by atoms with Crippen LogP contribution in [-0.4, -0.2) is 11.8 Å². The topological polar surface area (TPSA) is 55.1 Å². The summed E-state index contributed by atoms with van der Waals surface area (Å²) in [6, 6.07) is 11.0. The third kappa shape index (κ3) is 2.20. The van der Waals surface area contributed by atoms with Crippen molar-refractivity contribution in [2.75, 3.05) is 6.79 Å². The van der Waals surface area contributed by atoms with Gasteiger partial charge in [0.1, 0.15) is 6.07 Å². The molecule has 0 radical (unpaired) electrons. The number of nitrogens with zero attached hydrogens (tertiary/aromatic N) is 2. The van der Waals surface area contributed by atoms with Crippen LogP contribution in [0.2, 0.25) is 0 Å². The summed E-state index contributed by atoms with van der Waals surface area (Å²) in [5.41, 5.74) is 1.84. The number of hydrogen-bond donors (Lipinski definition) is 0. The Morgan fingerprint density at radius 2 is 1.85 bits per heavy atom. The molecular formula is C15H9ClN2O2. The molecule has 1 aromatic carbocycles. The summed E-state index contributed by atoms with van der Waals surface area (Å²) in [4.78, 5) is 3.93. The smallest absolute Gasteiger partial charge is 0.231 e. The molecule has 1 aliphatic rings. The van der Waals surface area contributed by atoms with Gasteiger partial charge in [0.15, 0.2) is 11.5 Å². The van der Waals surface area contributed by atoms with E-state index in [9.17, 15) is 5.26 Å². The van der Waals surface area contributed by atoms with E-state index in [0.29, 0.717) is 27.7 Å². The van der Waals surface area contributed by atoms with E-state index in [-0.39, 0.29) is 6.79 Å². The quantitative estimate of drug-likeness (QED) is 0.793. The molecule has 0 saturated carbocycles. The third-order valence-corrected chi connectivity index (χ3v) is 3.33. The zero-order valence-corrected chi connectivity index (χ0v) is 11.1. The molecular weight excluding hydrogens is 276 g/mol. The summed E-state index contributed by atoms with van der Waals surface area (Å²) in [5, 5.41) is 9.71. The van der Waals surface area contributed by atoms with E-state index in [2.05, 4.69) is 11.1 Å². The van der Waals surface area contributed by atoms with Crippen LogP contribution in [0, 0.1) is 11.3 Å². The third-order valence-electron chi connectivity index (χ3n) is 2.93. The van der Waals surface area contributed by atoms with Gasteiger partial charge in [0, 0.05) is 12.4 Å². The van der Waals surface area contributed by atoms with Crippen molar-refractivity contribution in [3.8, 4) is 17.6 Å². The van der Waals surface area contributed by atoms with Crippen LogP contribution < -0.4 is 9.47 Å². The number of pyridine rings is 1. The number of benzene rings is 1. The van der Waals surface area contributed by atoms with Gasteiger partial charge in [0.05, 0.1) is 10.6 Å². The number of allylic oxidation sites excluding steroid dienone is 1. The molecule has 1 aromatic heterocycles. The van der Waals surface area contributed by atoms with Crippen LogP contribution in [0.25, 0.3) is 10.6 Å².